The lowest BCUT2D eigenvalue weighted by Gasteiger charge is -1.40. The molecule has 0 aliphatic rings. The Morgan fingerprint density at radius 1 is 1.75 bits per heavy atom. The Morgan fingerprint density at radius 3 is 2.00 bits per heavy atom. The topological polar surface area (TPSA) is 20.2 Å². The third kappa shape index (κ3) is 2.09. The third-order valence-corrected chi connectivity index (χ3v) is 0.283. The molecule has 0 fully saturated rings. The molecule has 0 aromatic rings. The first-order valence-electron chi connectivity index (χ1n) is 0.663. The van der Waals surface area contributed by atoms with E-state index in [-0.39, 0.29) is 0 Å². The van der Waals surface area contributed by atoms with Gasteiger partial charge in [0.25, 0.3) is 0 Å². The second-order valence-electron chi connectivity index (χ2n) is 0.206. The summed E-state index contributed by atoms with van der Waals surface area (Å²) in [5.74, 6) is 0. The van der Waals surface area contributed by atoms with Crippen molar-refractivity contribution in [3.8, 4) is 10.0 Å². The fourth-order valence-electron chi connectivity index (χ4n) is 0. The molecule has 0 bridgehead atoms. The van der Waals surface area contributed by atoms with Crippen molar-refractivity contribution in [2.75, 3.05) is 0 Å². The smallest absolute Gasteiger partial charge is 0.119 e. The summed E-state index contributed by atoms with van der Waals surface area (Å²) in [5.41, 5.74) is 0. The molecule has 0 saturated heterocycles. The van der Waals surface area contributed by atoms with Gasteiger partial charge in [-0.05, 0) is 0 Å². The second-order valence-corrected chi connectivity index (χ2v) is 0.746. The predicted molar refractivity (Wildman–Crippen MR) is 23.7 cm³/mol. The normalized spacial score (nSPS) is 3.25. The Hall–Kier alpha value is 0.0900. The lowest BCUT2D eigenvalue weighted by Crippen LogP contribution is -1.33. The van der Waals surface area contributed by atoms with Crippen molar-refractivity contribution >= 4 is 22.6 Å². The summed E-state index contributed by atoms with van der Waals surface area (Å²) in [6.45, 7) is 0. The van der Waals surface area contributed by atoms with Gasteiger partial charge in [-0.1, -0.05) is 0 Å². The highest BCUT2D eigenvalue weighted by Gasteiger charge is 1.32. The van der Waals surface area contributed by atoms with E-state index in [9.17, 15) is 0 Å². The maximum atomic E-state index is 7.51. The fourth-order valence-corrected chi connectivity index (χ4v) is 0. The van der Waals surface area contributed by atoms with Crippen LogP contribution in [0.1, 0.15) is 0 Å². The molecule has 22 valence electrons. The molecule has 1 nitrogen and oxygen atoms in total. The standard InChI is InChI=1S/C2HIO/c3-1-2-4/h4H. The van der Waals surface area contributed by atoms with Gasteiger partial charge in [0, 0.05) is 26.5 Å². The molecule has 0 aliphatic carbocycles. The molecule has 0 radical (unpaired) electrons. The van der Waals surface area contributed by atoms with Gasteiger partial charge < -0.3 is 5.11 Å². The van der Waals surface area contributed by atoms with Gasteiger partial charge in [-0.15, -0.1) is 0 Å². The highest BCUT2D eigenvalue weighted by molar-refractivity contribution is 14.1. The van der Waals surface area contributed by atoms with Crippen LogP contribution in [0.5, 0.6) is 0 Å². The van der Waals surface area contributed by atoms with E-state index in [4.69, 9.17) is 5.11 Å². The van der Waals surface area contributed by atoms with Crippen LogP contribution in [0.4, 0.5) is 0 Å². The molecular formula is C2HIO. The zero-order chi connectivity index (χ0) is 3.41. The minimum absolute atomic E-state index is 1.67. The van der Waals surface area contributed by atoms with Crippen LogP contribution in [0.15, 0.2) is 0 Å². The van der Waals surface area contributed by atoms with Crippen molar-refractivity contribution in [3.05, 3.63) is 0 Å². The summed E-state index contributed by atoms with van der Waals surface area (Å²) in [6.07, 6.45) is 1.67. The Morgan fingerprint density at radius 2 is 2.00 bits per heavy atom. The maximum Gasteiger partial charge on any atom is 0.119 e. The lowest BCUT2D eigenvalue weighted by molar-refractivity contribution is 0.518. The highest BCUT2D eigenvalue weighted by Crippen LogP contribution is 1.64. The number of rotatable bonds is 0. The number of aliphatic hydroxyl groups is 1. The minimum Gasteiger partial charge on any atom is -0.461 e. The zero-order valence-corrected chi connectivity index (χ0v) is 3.98. The highest BCUT2D eigenvalue weighted by atomic mass is 127. The maximum absolute atomic E-state index is 7.51. The molecule has 0 amide bonds. The van der Waals surface area contributed by atoms with E-state index in [1.165, 1.54) is 0 Å². The summed E-state index contributed by atoms with van der Waals surface area (Å²) in [4.78, 5) is 0. The second kappa shape index (κ2) is 3.09. The van der Waals surface area contributed by atoms with E-state index in [1.54, 1.807) is 28.7 Å². The molecule has 2 heteroatoms. The Kier molecular flexibility index (Phi) is 3.16. The molecule has 0 aliphatic heterocycles. The molecule has 0 aromatic carbocycles. The van der Waals surface area contributed by atoms with Crippen LogP contribution >= 0.6 is 22.6 Å². The molecule has 4 heavy (non-hydrogen) atoms. The van der Waals surface area contributed by atoms with Gasteiger partial charge in [0.2, 0.25) is 0 Å². The van der Waals surface area contributed by atoms with Crippen LogP contribution in [-0.4, -0.2) is 5.11 Å². The van der Waals surface area contributed by atoms with Crippen LogP contribution in [0.3, 0.4) is 0 Å². The van der Waals surface area contributed by atoms with Crippen molar-refractivity contribution in [1.29, 1.82) is 0 Å². The molecule has 0 heterocycles. The molecule has 0 saturated carbocycles. The van der Waals surface area contributed by atoms with Gasteiger partial charge in [-0.2, -0.15) is 0 Å². The van der Waals surface area contributed by atoms with Crippen molar-refractivity contribution in [1.82, 2.24) is 0 Å². The summed E-state index contributed by atoms with van der Waals surface area (Å²) in [6, 6.07) is 0. The number of hydrogen-bond acceptors (Lipinski definition) is 1. The fraction of sp³-hybridized carbons (Fsp3) is 0. The number of hydrogen-bond donors (Lipinski definition) is 1. The van der Waals surface area contributed by atoms with E-state index in [0.29, 0.717) is 0 Å². The molecule has 0 unspecified atom stereocenters. The zero-order valence-electron chi connectivity index (χ0n) is 1.83. The average Bonchev–Trinajstić information content (AvgIpc) is 1.37. The Balaban J connectivity index is 2.83. The van der Waals surface area contributed by atoms with Crippen LogP contribution in [0, 0.1) is 10.0 Å². The molecule has 0 atom stereocenters. The van der Waals surface area contributed by atoms with Crippen molar-refractivity contribution < 1.29 is 5.11 Å². The SMILES string of the molecule is OC#CI. The van der Waals surface area contributed by atoms with Gasteiger partial charge >= 0.3 is 0 Å². The van der Waals surface area contributed by atoms with Crippen molar-refractivity contribution in [2.24, 2.45) is 0 Å². The summed E-state index contributed by atoms with van der Waals surface area (Å²) in [5, 5.41) is 7.51. The van der Waals surface area contributed by atoms with E-state index in [2.05, 4.69) is 3.93 Å². The number of aliphatic hydroxyl groups excluding tert-OH is 1. The molecular weight excluding hydrogens is 167 g/mol. The van der Waals surface area contributed by atoms with Crippen molar-refractivity contribution in [2.45, 2.75) is 0 Å². The monoisotopic (exact) mass is 168 g/mol. The van der Waals surface area contributed by atoms with Gasteiger partial charge in [-0.25, -0.2) is 0 Å². The van der Waals surface area contributed by atoms with Crippen LogP contribution in [0.25, 0.3) is 0 Å². The Bertz CT molecular complexity index is 42.8. The van der Waals surface area contributed by atoms with E-state index >= 15 is 0 Å². The van der Waals surface area contributed by atoms with Gasteiger partial charge in [0.05, 0.1) is 0 Å². The van der Waals surface area contributed by atoms with Crippen LogP contribution in [0.2, 0.25) is 0 Å². The van der Waals surface area contributed by atoms with Gasteiger partial charge in [-0.3, -0.25) is 0 Å². The summed E-state index contributed by atoms with van der Waals surface area (Å²) < 4.78 is 2.21. The largest absolute Gasteiger partial charge is 0.461 e. The third-order valence-electron chi connectivity index (χ3n) is 0.0423. The van der Waals surface area contributed by atoms with E-state index in [0.717, 1.165) is 0 Å². The molecule has 1 N–H and O–H groups in total. The van der Waals surface area contributed by atoms with E-state index < -0.39 is 0 Å². The quantitative estimate of drug-likeness (QED) is 0.417. The van der Waals surface area contributed by atoms with Gasteiger partial charge in [0.15, 0.2) is 0 Å². The first-order valence-corrected chi connectivity index (χ1v) is 1.74. The first kappa shape index (κ1) is 4.09. The summed E-state index contributed by atoms with van der Waals surface area (Å²) in [7, 11) is 0. The Labute approximate surface area is 38.2 Å². The predicted octanol–water partition coefficient (Wildman–Crippen LogP) is 0.712. The van der Waals surface area contributed by atoms with Crippen LogP contribution < -0.4 is 0 Å². The number of halogens is 1. The van der Waals surface area contributed by atoms with Crippen LogP contribution in [-0.2, 0) is 0 Å². The lowest BCUT2D eigenvalue weighted by atomic mass is 11.3. The van der Waals surface area contributed by atoms with Crippen molar-refractivity contribution in [3.63, 3.8) is 0 Å². The molecule has 0 aromatic heterocycles. The first-order chi connectivity index (χ1) is 1.91. The average molecular weight is 168 g/mol. The van der Waals surface area contributed by atoms with E-state index in [1.807, 2.05) is 0 Å². The molecule has 0 rings (SSSR count). The minimum atomic E-state index is 1.67. The molecule has 0 spiro atoms. The van der Waals surface area contributed by atoms with Gasteiger partial charge in [0.1, 0.15) is 6.11 Å². The summed E-state index contributed by atoms with van der Waals surface area (Å²) >= 11 is 1.74.